The van der Waals surface area contributed by atoms with Crippen LogP contribution in [0.15, 0.2) is 30.5 Å². The van der Waals surface area contributed by atoms with Crippen LogP contribution in [0.4, 0.5) is 0 Å². The van der Waals surface area contributed by atoms with Crippen LogP contribution in [-0.2, 0) is 6.42 Å². The topological polar surface area (TPSA) is 36.0 Å². The first-order valence-corrected chi connectivity index (χ1v) is 5.00. The van der Waals surface area contributed by atoms with Gasteiger partial charge in [-0.15, -0.1) is 0 Å². The largest absolute Gasteiger partial charge is 0.393 e. The zero-order valence-corrected chi connectivity index (χ0v) is 8.33. The SMILES string of the molecule is CC(O)CCc1ccc2cc[nH]c2c1. The fourth-order valence-corrected chi connectivity index (χ4v) is 1.63. The lowest BCUT2D eigenvalue weighted by Crippen LogP contribution is -2.01. The number of aliphatic hydroxyl groups excluding tert-OH is 1. The molecule has 0 saturated heterocycles. The quantitative estimate of drug-likeness (QED) is 0.764. The van der Waals surface area contributed by atoms with E-state index in [0.717, 1.165) is 12.8 Å². The molecule has 0 aliphatic rings. The number of rotatable bonds is 3. The van der Waals surface area contributed by atoms with Crippen LogP contribution in [0.5, 0.6) is 0 Å². The van der Waals surface area contributed by atoms with Gasteiger partial charge in [0.25, 0.3) is 0 Å². The molecule has 0 spiro atoms. The molecule has 14 heavy (non-hydrogen) atoms. The van der Waals surface area contributed by atoms with Crippen LogP contribution in [0.25, 0.3) is 10.9 Å². The van der Waals surface area contributed by atoms with Crippen molar-refractivity contribution in [2.24, 2.45) is 0 Å². The number of aromatic nitrogens is 1. The van der Waals surface area contributed by atoms with Gasteiger partial charge in [0.1, 0.15) is 0 Å². The monoisotopic (exact) mass is 189 g/mol. The number of hydrogen-bond acceptors (Lipinski definition) is 1. The van der Waals surface area contributed by atoms with Crippen LogP contribution in [0.3, 0.4) is 0 Å². The van der Waals surface area contributed by atoms with Crippen LogP contribution in [0.2, 0.25) is 0 Å². The van der Waals surface area contributed by atoms with Crippen molar-refractivity contribution < 1.29 is 5.11 Å². The number of benzene rings is 1. The van der Waals surface area contributed by atoms with Crippen LogP contribution < -0.4 is 0 Å². The Labute approximate surface area is 83.6 Å². The second kappa shape index (κ2) is 3.84. The highest BCUT2D eigenvalue weighted by atomic mass is 16.3. The molecule has 1 unspecified atom stereocenters. The molecule has 1 heterocycles. The summed E-state index contributed by atoms with van der Waals surface area (Å²) in [5.74, 6) is 0. The van der Waals surface area contributed by atoms with Crippen molar-refractivity contribution in [1.29, 1.82) is 0 Å². The molecule has 1 aromatic carbocycles. The molecule has 1 atom stereocenters. The van der Waals surface area contributed by atoms with E-state index in [1.54, 1.807) is 0 Å². The van der Waals surface area contributed by atoms with Gasteiger partial charge in [-0.05, 0) is 42.8 Å². The van der Waals surface area contributed by atoms with E-state index >= 15 is 0 Å². The summed E-state index contributed by atoms with van der Waals surface area (Å²) in [5.41, 5.74) is 2.45. The lowest BCUT2D eigenvalue weighted by Gasteiger charge is -2.04. The minimum Gasteiger partial charge on any atom is -0.393 e. The van der Waals surface area contributed by atoms with Gasteiger partial charge in [0.05, 0.1) is 6.10 Å². The van der Waals surface area contributed by atoms with Crippen molar-refractivity contribution >= 4 is 10.9 Å². The zero-order chi connectivity index (χ0) is 9.97. The van der Waals surface area contributed by atoms with E-state index in [9.17, 15) is 5.11 Å². The fraction of sp³-hybridized carbons (Fsp3) is 0.333. The van der Waals surface area contributed by atoms with E-state index < -0.39 is 0 Å². The van der Waals surface area contributed by atoms with Gasteiger partial charge >= 0.3 is 0 Å². The van der Waals surface area contributed by atoms with E-state index in [0.29, 0.717) is 0 Å². The van der Waals surface area contributed by atoms with Crippen molar-refractivity contribution in [1.82, 2.24) is 4.98 Å². The summed E-state index contributed by atoms with van der Waals surface area (Å²) in [7, 11) is 0. The lowest BCUT2D eigenvalue weighted by atomic mass is 10.1. The Balaban J connectivity index is 2.17. The number of aliphatic hydroxyl groups is 1. The Bertz CT molecular complexity index is 417. The molecule has 2 nitrogen and oxygen atoms in total. The van der Waals surface area contributed by atoms with Gasteiger partial charge in [-0.25, -0.2) is 0 Å². The van der Waals surface area contributed by atoms with E-state index in [4.69, 9.17) is 0 Å². The summed E-state index contributed by atoms with van der Waals surface area (Å²) in [6.45, 7) is 1.83. The third-order valence-corrected chi connectivity index (χ3v) is 2.47. The maximum atomic E-state index is 9.18. The van der Waals surface area contributed by atoms with Gasteiger partial charge in [0.15, 0.2) is 0 Å². The second-order valence-corrected chi connectivity index (χ2v) is 3.79. The second-order valence-electron chi connectivity index (χ2n) is 3.79. The van der Waals surface area contributed by atoms with Crippen LogP contribution in [-0.4, -0.2) is 16.2 Å². The standard InChI is InChI=1S/C12H15NO/c1-9(14)2-3-10-4-5-11-6-7-13-12(11)8-10/h4-9,13-14H,2-3H2,1H3. The van der Waals surface area contributed by atoms with Crippen molar-refractivity contribution in [3.63, 3.8) is 0 Å². The molecule has 0 saturated carbocycles. The Morgan fingerprint density at radius 2 is 2.21 bits per heavy atom. The molecule has 2 aromatic rings. The highest BCUT2D eigenvalue weighted by molar-refractivity contribution is 5.79. The van der Waals surface area contributed by atoms with Crippen LogP contribution in [0.1, 0.15) is 18.9 Å². The summed E-state index contributed by atoms with van der Waals surface area (Å²) < 4.78 is 0. The van der Waals surface area contributed by atoms with Gasteiger partial charge in [-0.3, -0.25) is 0 Å². The van der Waals surface area contributed by atoms with E-state index in [-0.39, 0.29) is 6.10 Å². The predicted molar refractivity (Wildman–Crippen MR) is 58.3 cm³/mol. The summed E-state index contributed by atoms with van der Waals surface area (Å²) in [6.07, 6.45) is 3.50. The first kappa shape index (κ1) is 9.28. The van der Waals surface area contributed by atoms with Gasteiger partial charge in [-0.1, -0.05) is 12.1 Å². The molecule has 0 fully saturated rings. The molecule has 2 heteroatoms. The average molecular weight is 189 g/mol. The maximum absolute atomic E-state index is 9.18. The molecule has 0 bridgehead atoms. The fourth-order valence-electron chi connectivity index (χ4n) is 1.63. The van der Waals surface area contributed by atoms with E-state index in [1.165, 1.54) is 16.5 Å². The highest BCUT2D eigenvalue weighted by Gasteiger charge is 1.99. The summed E-state index contributed by atoms with van der Waals surface area (Å²) in [4.78, 5) is 3.19. The third-order valence-electron chi connectivity index (χ3n) is 2.47. The Kier molecular flexibility index (Phi) is 2.55. The Morgan fingerprint density at radius 3 is 3.00 bits per heavy atom. The number of nitrogens with one attached hydrogen (secondary N) is 1. The van der Waals surface area contributed by atoms with Gasteiger partial charge in [-0.2, -0.15) is 0 Å². The lowest BCUT2D eigenvalue weighted by molar-refractivity contribution is 0.185. The van der Waals surface area contributed by atoms with Crippen LogP contribution in [0, 0.1) is 0 Å². The van der Waals surface area contributed by atoms with Crippen molar-refractivity contribution in [3.8, 4) is 0 Å². The van der Waals surface area contributed by atoms with Gasteiger partial charge in [0, 0.05) is 11.7 Å². The molecule has 74 valence electrons. The minimum absolute atomic E-state index is 0.214. The molecule has 1 aromatic heterocycles. The number of hydrogen-bond donors (Lipinski definition) is 2. The molecule has 0 radical (unpaired) electrons. The normalized spacial score (nSPS) is 13.3. The molecule has 2 rings (SSSR count). The van der Waals surface area contributed by atoms with Crippen molar-refractivity contribution in [2.75, 3.05) is 0 Å². The van der Waals surface area contributed by atoms with Crippen LogP contribution >= 0.6 is 0 Å². The number of aromatic amines is 1. The van der Waals surface area contributed by atoms with Crippen molar-refractivity contribution in [2.45, 2.75) is 25.9 Å². The zero-order valence-electron chi connectivity index (χ0n) is 8.33. The first-order chi connectivity index (χ1) is 6.75. The molecule has 0 aliphatic heterocycles. The third kappa shape index (κ3) is 1.96. The van der Waals surface area contributed by atoms with Gasteiger partial charge < -0.3 is 10.1 Å². The number of fused-ring (bicyclic) bond motifs is 1. The van der Waals surface area contributed by atoms with Crippen molar-refractivity contribution in [3.05, 3.63) is 36.0 Å². The minimum atomic E-state index is -0.214. The maximum Gasteiger partial charge on any atom is 0.0515 e. The van der Waals surface area contributed by atoms with Gasteiger partial charge in [0.2, 0.25) is 0 Å². The Morgan fingerprint density at radius 1 is 1.36 bits per heavy atom. The average Bonchev–Trinajstić information content (AvgIpc) is 2.61. The summed E-state index contributed by atoms with van der Waals surface area (Å²) >= 11 is 0. The molecule has 0 aliphatic carbocycles. The number of H-pyrrole nitrogens is 1. The smallest absolute Gasteiger partial charge is 0.0515 e. The Hall–Kier alpha value is -1.28. The predicted octanol–water partition coefficient (Wildman–Crippen LogP) is 2.48. The first-order valence-electron chi connectivity index (χ1n) is 5.00. The molecular weight excluding hydrogens is 174 g/mol. The number of aryl methyl sites for hydroxylation is 1. The molecule has 0 amide bonds. The van der Waals surface area contributed by atoms with E-state index in [1.807, 2.05) is 13.1 Å². The summed E-state index contributed by atoms with van der Waals surface area (Å²) in [5, 5.41) is 10.4. The molecule has 2 N–H and O–H groups in total. The summed E-state index contributed by atoms with van der Waals surface area (Å²) in [6, 6.07) is 8.45. The van der Waals surface area contributed by atoms with E-state index in [2.05, 4.69) is 29.2 Å². The molecular formula is C12H15NO. The highest BCUT2D eigenvalue weighted by Crippen LogP contribution is 2.15.